The highest BCUT2D eigenvalue weighted by molar-refractivity contribution is 14.0. The lowest BCUT2D eigenvalue weighted by atomic mass is 10.2. The molecule has 2 aromatic rings. The van der Waals surface area contributed by atoms with E-state index >= 15 is 0 Å². The van der Waals surface area contributed by atoms with Crippen molar-refractivity contribution in [3.63, 3.8) is 0 Å². The van der Waals surface area contributed by atoms with Crippen LogP contribution in [0.5, 0.6) is 5.75 Å². The van der Waals surface area contributed by atoms with Crippen molar-refractivity contribution in [1.82, 2.24) is 20.3 Å². The number of aliphatic imine (C=N–C) groups is 1. The van der Waals surface area contributed by atoms with Crippen LogP contribution in [0.1, 0.15) is 18.2 Å². The van der Waals surface area contributed by atoms with E-state index in [9.17, 15) is 4.39 Å². The average molecular weight is 503 g/mol. The van der Waals surface area contributed by atoms with Crippen LogP contribution in [0, 0.1) is 5.82 Å². The Hall–Kier alpha value is -1.88. The number of rotatable bonds is 6. The van der Waals surface area contributed by atoms with Gasteiger partial charge in [0, 0.05) is 52.4 Å². The molecule has 1 aromatic carbocycles. The molecular weight excluding hydrogens is 476 g/mol. The summed E-state index contributed by atoms with van der Waals surface area (Å²) >= 11 is 0. The van der Waals surface area contributed by atoms with Crippen molar-refractivity contribution in [2.24, 2.45) is 4.99 Å². The SMILES string of the molecule is CCOc1ccc(CNC(=NC)N2CCN(Cc3ccon3)CC2)cc1F.I. The van der Waals surface area contributed by atoms with Gasteiger partial charge in [0.15, 0.2) is 17.5 Å². The van der Waals surface area contributed by atoms with E-state index in [1.807, 2.05) is 19.1 Å². The predicted molar refractivity (Wildman–Crippen MR) is 117 cm³/mol. The highest BCUT2D eigenvalue weighted by atomic mass is 127. The molecule has 0 aliphatic carbocycles. The number of piperazine rings is 1. The van der Waals surface area contributed by atoms with E-state index in [4.69, 9.17) is 9.26 Å². The van der Waals surface area contributed by atoms with Crippen molar-refractivity contribution < 1.29 is 13.7 Å². The van der Waals surface area contributed by atoms with Crippen molar-refractivity contribution in [1.29, 1.82) is 0 Å². The summed E-state index contributed by atoms with van der Waals surface area (Å²) in [5.74, 6) is 0.770. The standard InChI is InChI=1S/C19H26FN5O2.HI/c1-3-26-18-5-4-15(12-17(18)20)13-22-19(21-2)25-9-7-24(8-10-25)14-16-6-11-27-23-16;/h4-6,11-12H,3,7-10,13-14H2,1-2H3,(H,21,22);1H. The van der Waals surface area contributed by atoms with E-state index in [1.165, 1.54) is 6.07 Å². The maximum absolute atomic E-state index is 14.0. The molecular formula is C19H27FIN5O2. The summed E-state index contributed by atoms with van der Waals surface area (Å²) in [6.07, 6.45) is 1.60. The van der Waals surface area contributed by atoms with Crippen molar-refractivity contribution in [2.75, 3.05) is 39.8 Å². The maximum atomic E-state index is 14.0. The van der Waals surface area contributed by atoms with Crippen LogP contribution in [0.3, 0.4) is 0 Å². The highest BCUT2D eigenvalue weighted by Gasteiger charge is 2.20. The summed E-state index contributed by atoms with van der Waals surface area (Å²) < 4.78 is 24.1. The largest absolute Gasteiger partial charge is 0.491 e. The Labute approximate surface area is 181 Å². The first-order valence-corrected chi connectivity index (χ1v) is 9.18. The molecule has 0 amide bonds. The zero-order valence-electron chi connectivity index (χ0n) is 16.2. The number of hydrogen-bond donors (Lipinski definition) is 1. The van der Waals surface area contributed by atoms with Crippen molar-refractivity contribution >= 4 is 29.9 Å². The Kier molecular flexibility index (Phi) is 8.97. The Morgan fingerprint density at radius 3 is 2.68 bits per heavy atom. The summed E-state index contributed by atoms with van der Waals surface area (Å²) in [6.45, 7) is 7.17. The second-order valence-electron chi connectivity index (χ2n) is 6.35. The van der Waals surface area contributed by atoms with E-state index in [2.05, 4.69) is 25.3 Å². The van der Waals surface area contributed by atoms with Crippen molar-refractivity contribution in [3.05, 3.63) is 47.6 Å². The molecule has 0 unspecified atom stereocenters. The van der Waals surface area contributed by atoms with Gasteiger partial charge in [-0.05, 0) is 24.6 Å². The number of ether oxygens (including phenoxy) is 1. The molecule has 7 nitrogen and oxygen atoms in total. The second-order valence-corrected chi connectivity index (χ2v) is 6.35. The van der Waals surface area contributed by atoms with Gasteiger partial charge in [-0.25, -0.2) is 4.39 Å². The molecule has 0 atom stereocenters. The topological polar surface area (TPSA) is 66.1 Å². The van der Waals surface area contributed by atoms with Crippen LogP contribution in [0.15, 0.2) is 40.0 Å². The molecule has 28 heavy (non-hydrogen) atoms. The first-order valence-electron chi connectivity index (χ1n) is 9.18. The minimum Gasteiger partial charge on any atom is -0.491 e. The molecule has 1 N–H and O–H groups in total. The van der Waals surface area contributed by atoms with Crippen LogP contribution in [0.25, 0.3) is 0 Å². The molecule has 1 saturated heterocycles. The molecule has 1 fully saturated rings. The van der Waals surface area contributed by atoms with Crippen molar-refractivity contribution in [2.45, 2.75) is 20.0 Å². The summed E-state index contributed by atoms with van der Waals surface area (Å²) in [7, 11) is 1.77. The van der Waals surface area contributed by atoms with E-state index in [1.54, 1.807) is 19.4 Å². The zero-order valence-corrected chi connectivity index (χ0v) is 18.6. The second kappa shape index (κ2) is 11.2. The molecule has 154 valence electrons. The lowest BCUT2D eigenvalue weighted by Gasteiger charge is -2.36. The molecule has 9 heteroatoms. The van der Waals surface area contributed by atoms with Crippen LogP contribution in [-0.2, 0) is 13.1 Å². The molecule has 0 bridgehead atoms. The van der Waals surface area contributed by atoms with Crippen LogP contribution < -0.4 is 10.1 Å². The van der Waals surface area contributed by atoms with Gasteiger partial charge in [-0.2, -0.15) is 0 Å². The Morgan fingerprint density at radius 2 is 2.07 bits per heavy atom. The first-order chi connectivity index (χ1) is 13.2. The van der Waals surface area contributed by atoms with Gasteiger partial charge in [0.2, 0.25) is 0 Å². The molecule has 3 rings (SSSR count). The third-order valence-corrected chi connectivity index (χ3v) is 4.51. The monoisotopic (exact) mass is 503 g/mol. The molecule has 2 heterocycles. The lowest BCUT2D eigenvalue weighted by molar-refractivity contribution is 0.169. The summed E-state index contributed by atoms with van der Waals surface area (Å²) in [6, 6.07) is 6.93. The third-order valence-electron chi connectivity index (χ3n) is 4.51. The molecule has 0 radical (unpaired) electrons. The average Bonchev–Trinajstić information content (AvgIpc) is 3.19. The molecule has 1 aromatic heterocycles. The van der Waals surface area contributed by atoms with Gasteiger partial charge < -0.3 is 19.5 Å². The van der Waals surface area contributed by atoms with E-state index in [0.29, 0.717) is 13.2 Å². The van der Waals surface area contributed by atoms with Crippen LogP contribution in [0.2, 0.25) is 0 Å². The highest BCUT2D eigenvalue weighted by Crippen LogP contribution is 2.18. The van der Waals surface area contributed by atoms with E-state index < -0.39 is 0 Å². The predicted octanol–water partition coefficient (Wildman–Crippen LogP) is 2.72. The van der Waals surface area contributed by atoms with Gasteiger partial charge in [-0.1, -0.05) is 11.2 Å². The fourth-order valence-electron chi connectivity index (χ4n) is 3.11. The van der Waals surface area contributed by atoms with E-state index in [0.717, 1.165) is 49.9 Å². The minimum absolute atomic E-state index is 0. The number of nitrogens with zero attached hydrogens (tertiary/aromatic N) is 4. The van der Waals surface area contributed by atoms with Crippen LogP contribution in [0.4, 0.5) is 4.39 Å². The number of guanidine groups is 1. The van der Waals surface area contributed by atoms with Crippen molar-refractivity contribution in [3.8, 4) is 5.75 Å². The quantitative estimate of drug-likeness (QED) is 0.372. The fourth-order valence-corrected chi connectivity index (χ4v) is 3.11. The summed E-state index contributed by atoms with van der Waals surface area (Å²) in [4.78, 5) is 8.91. The lowest BCUT2D eigenvalue weighted by Crippen LogP contribution is -2.52. The van der Waals surface area contributed by atoms with Gasteiger partial charge in [0.05, 0.1) is 12.3 Å². The van der Waals surface area contributed by atoms with Gasteiger partial charge in [-0.3, -0.25) is 9.89 Å². The first kappa shape index (κ1) is 22.4. The number of aromatic nitrogens is 1. The van der Waals surface area contributed by atoms with Gasteiger partial charge in [-0.15, -0.1) is 24.0 Å². The van der Waals surface area contributed by atoms with Crippen LogP contribution in [-0.4, -0.2) is 60.7 Å². The molecule has 1 aliphatic heterocycles. The Balaban J connectivity index is 0.00000280. The third kappa shape index (κ3) is 6.06. The number of nitrogens with one attached hydrogen (secondary N) is 1. The fraction of sp³-hybridized carbons (Fsp3) is 0.474. The Morgan fingerprint density at radius 1 is 1.29 bits per heavy atom. The Bertz CT molecular complexity index is 749. The smallest absolute Gasteiger partial charge is 0.194 e. The summed E-state index contributed by atoms with van der Waals surface area (Å²) in [5, 5.41) is 7.28. The number of benzene rings is 1. The van der Waals surface area contributed by atoms with Crippen LogP contribution >= 0.6 is 24.0 Å². The van der Waals surface area contributed by atoms with Gasteiger partial charge in [0.1, 0.15) is 6.26 Å². The van der Waals surface area contributed by atoms with E-state index in [-0.39, 0.29) is 35.5 Å². The number of halogens is 2. The molecule has 0 spiro atoms. The molecule has 1 aliphatic rings. The van der Waals surface area contributed by atoms with Gasteiger partial charge >= 0.3 is 0 Å². The molecule has 0 saturated carbocycles. The normalized spacial score (nSPS) is 15.2. The maximum Gasteiger partial charge on any atom is 0.194 e. The van der Waals surface area contributed by atoms with Gasteiger partial charge in [0.25, 0.3) is 0 Å². The number of hydrogen-bond acceptors (Lipinski definition) is 5. The minimum atomic E-state index is -0.340. The zero-order chi connectivity index (χ0) is 19.1. The summed E-state index contributed by atoms with van der Waals surface area (Å²) in [5.41, 5.74) is 1.80.